The van der Waals surface area contributed by atoms with Crippen LogP contribution >= 0.6 is 0 Å². The predicted molar refractivity (Wildman–Crippen MR) is 111 cm³/mol. The molecule has 2 aliphatic heterocycles. The Morgan fingerprint density at radius 3 is 1.50 bits per heavy atom. The molecule has 0 saturated carbocycles. The lowest BCUT2D eigenvalue weighted by atomic mass is 10.3. The second kappa shape index (κ2) is 6.42. The molecule has 8 bridgehead atoms. The molecule has 5 rings (SSSR count). The SMILES string of the molecule is [2H]c1cc2cc3nc(cc4ccc(cc5nc(cc1n2OC)C=C5)n4OC)C=C3. The van der Waals surface area contributed by atoms with Crippen LogP contribution in [0.1, 0.15) is 24.1 Å². The number of aromatic nitrogens is 4. The number of fused-ring (bicyclic) bond motifs is 8. The van der Waals surface area contributed by atoms with E-state index in [0.717, 1.165) is 39.3 Å². The topological polar surface area (TPSA) is 54.1 Å². The summed E-state index contributed by atoms with van der Waals surface area (Å²) < 4.78 is 11.7. The molecule has 0 N–H and O–H groups in total. The fourth-order valence-corrected chi connectivity index (χ4v) is 3.39. The highest BCUT2D eigenvalue weighted by Crippen LogP contribution is 2.19. The third-order valence-electron chi connectivity index (χ3n) is 4.62. The average molecular weight is 371 g/mol. The van der Waals surface area contributed by atoms with Crippen LogP contribution in [0.5, 0.6) is 0 Å². The van der Waals surface area contributed by atoms with E-state index < -0.39 is 0 Å². The summed E-state index contributed by atoms with van der Waals surface area (Å²) in [5.74, 6) is 0. The molecule has 6 heteroatoms. The molecule has 0 spiro atoms. The molecule has 0 atom stereocenters. The molecule has 6 nitrogen and oxygen atoms in total. The molecule has 0 saturated heterocycles. The minimum Gasteiger partial charge on any atom is -0.417 e. The van der Waals surface area contributed by atoms with Gasteiger partial charge < -0.3 is 9.68 Å². The van der Waals surface area contributed by atoms with Gasteiger partial charge in [-0.25, -0.2) is 9.97 Å². The highest BCUT2D eigenvalue weighted by atomic mass is 16.6. The molecule has 28 heavy (non-hydrogen) atoms. The van der Waals surface area contributed by atoms with E-state index in [1.165, 1.54) is 0 Å². The first-order valence-corrected chi connectivity index (χ1v) is 8.84. The zero-order chi connectivity index (χ0) is 20.0. The Balaban J connectivity index is 1.92. The van der Waals surface area contributed by atoms with Gasteiger partial charge in [0.25, 0.3) is 0 Å². The summed E-state index contributed by atoms with van der Waals surface area (Å²) in [7, 11) is 3.21. The fraction of sp³-hybridized carbons (Fsp3) is 0.0909. The standard InChI is InChI=1S/C22H18N4O2/c1-27-25-19-7-8-20(25)12-16-4-6-18(24-16)14-22-10-9-21(26(22)28-2)13-17-5-3-15(11-19)23-17/h3-14H,1-2H3/i7D. The summed E-state index contributed by atoms with van der Waals surface area (Å²) in [4.78, 5) is 20.4. The maximum Gasteiger partial charge on any atom is 0.104 e. The van der Waals surface area contributed by atoms with E-state index in [1.54, 1.807) is 29.7 Å². The van der Waals surface area contributed by atoms with Crippen molar-refractivity contribution in [1.82, 2.24) is 19.4 Å². The van der Waals surface area contributed by atoms with Crippen LogP contribution in [-0.2, 0) is 0 Å². The van der Waals surface area contributed by atoms with Crippen molar-refractivity contribution in [2.24, 2.45) is 0 Å². The molecule has 0 fully saturated rings. The van der Waals surface area contributed by atoms with Gasteiger partial charge >= 0.3 is 0 Å². The van der Waals surface area contributed by atoms with Gasteiger partial charge in [-0.05, 0) is 72.8 Å². The average Bonchev–Trinajstić information content (AvgIpc) is 3.46. The van der Waals surface area contributed by atoms with E-state index in [2.05, 4.69) is 9.97 Å². The molecule has 0 aliphatic carbocycles. The van der Waals surface area contributed by atoms with Crippen LogP contribution in [0.4, 0.5) is 0 Å². The summed E-state index contributed by atoms with van der Waals surface area (Å²) >= 11 is 0. The van der Waals surface area contributed by atoms with Crippen molar-refractivity contribution in [3.63, 3.8) is 0 Å². The first kappa shape index (κ1) is 15.3. The van der Waals surface area contributed by atoms with E-state index in [9.17, 15) is 0 Å². The minimum atomic E-state index is 0.353. The van der Waals surface area contributed by atoms with E-state index in [-0.39, 0.29) is 0 Å². The van der Waals surface area contributed by atoms with Gasteiger partial charge in [0.2, 0.25) is 0 Å². The molecule has 3 aromatic heterocycles. The highest BCUT2D eigenvalue weighted by Gasteiger charge is 2.06. The van der Waals surface area contributed by atoms with Gasteiger partial charge in [-0.3, -0.25) is 0 Å². The third kappa shape index (κ3) is 2.75. The van der Waals surface area contributed by atoms with Crippen molar-refractivity contribution >= 4 is 46.4 Å². The molecule has 0 unspecified atom stereocenters. The Morgan fingerprint density at radius 1 is 0.643 bits per heavy atom. The summed E-state index contributed by atoms with van der Waals surface area (Å²) in [5, 5.41) is 0. The smallest absolute Gasteiger partial charge is 0.104 e. The summed E-state index contributed by atoms with van der Waals surface area (Å²) in [6.07, 6.45) is 7.72. The van der Waals surface area contributed by atoms with Crippen molar-refractivity contribution in [2.75, 3.05) is 14.2 Å². The van der Waals surface area contributed by atoms with Crippen LogP contribution in [0.15, 0.2) is 48.5 Å². The Morgan fingerprint density at radius 2 is 1.04 bits per heavy atom. The second-order valence-corrected chi connectivity index (χ2v) is 6.40. The lowest BCUT2D eigenvalue weighted by molar-refractivity contribution is 0.189. The molecule has 5 heterocycles. The number of hydrogen-bond acceptors (Lipinski definition) is 4. The lowest BCUT2D eigenvalue weighted by Crippen LogP contribution is -2.04. The van der Waals surface area contributed by atoms with Gasteiger partial charge in [0.15, 0.2) is 0 Å². The van der Waals surface area contributed by atoms with Crippen molar-refractivity contribution in [3.8, 4) is 0 Å². The lowest BCUT2D eigenvalue weighted by Gasteiger charge is -2.03. The monoisotopic (exact) mass is 371 g/mol. The Hall–Kier alpha value is -3.80. The maximum absolute atomic E-state index is 8.36. The third-order valence-corrected chi connectivity index (χ3v) is 4.62. The summed E-state index contributed by atoms with van der Waals surface area (Å²) in [6.45, 7) is 0. The van der Waals surface area contributed by atoms with E-state index in [1.807, 2.05) is 60.7 Å². The van der Waals surface area contributed by atoms with Gasteiger partial charge in [-0.15, -0.1) is 0 Å². The largest absolute Gasteiger partial charge is 0.417 e. The van der Waals surface area contributed by atoms with Gasteiger partial charge in [-0.1, -0.05) is 0 Å². The van der Waals surface area contributed by atoms with Crippen molar-refractivity contribution in [3.05, 3.63) is 71.3 Å². The molecule has 0 radical (unpaired) electrons. The van der Waals surface area contributed by atoms with Crippen LogP contribution in [0.25, 0.3) is 46.4 Å². The van der Waals surface area contributed by atoms with Crippen molar-refractivity contribution in [2.45, 2.75) is 0 Å². The van der Waals surface area contributed by atoms with E-state index in [4.69, 9.17) is 11.0 Å². The highest BCUT2D eigenvalue weighted by molar-refractivity contribution is 5.77. The first-order valence-electron chi connectivity index (χ1n) is 9.34. The van der Waals surface area contributed by atoms with Crippen LogP contribution in [0, 0.1) is 0 Å². The zero-order valence-corrected chi connectivity index (χ0v) is 15.5. The fourth-order valence-electron chi connectivity index (χ4n) is 3.39. The van der Waals surface area contributed by atoms with Crippen LogP contribution in [0.3, 0.4) is 0 Å². The molecular weight excluding hydrogens is 352 g/mol. The first-order chi connectivity index (χ1) is 14.1. The minimum absolute atomic E-state index is 0.353. The van der Waals surface area contributed by atoms with Gasteiger partial charge in [-0.2, -0.15) is 9.46 Å². The molecule has 138 valence electrons. The van der Waals surface area contributed by atoms with E-state index >= 15 is 0 Å². The molecule has 0 amide bonds. The number of rotatable bonds is 2. The Labute approximate surface area is 162 Å². The van der Waals surface area contributed by atoms with E-state index in [0.29, 0.717) is 11.6 Å². The van der Waals surface area contributed by atoms with Crippen molar-refractivity contribution < 1.29 is 11.0 Å². The normalized spacial score (nSPS) is 12.9. The zero-order valence-electron chi connectivity index (χ0n) is 16.5. The van der Waals surface area contributed by atoms with Gasteiger partial charge in [0.05, 0.1) is 46.2 Å². The van der Waals surface area contributed by atoms with Crippen LogP contribution in [-0.4, -0.2) is 33.6 Å². The number of hydrogen-bond donors (Lipinski definition) is 0. The summed E-state index contributed by atoms with van der Waals surface area (Å²) in [5.41, 5.74) is 6.25. The quantitative estimate of drug-likeness (QED) is 0.475. The van der Waals surface area contributed by atoms with Crippen LogP contribution in [0.2, 0.25) is 0 Å². The number of nitrogens with zero attached hydrogens (tertiary/aromatic N) is 4. The Bertz CT molecular complexity index is 1350. The Kier molecular flexibility index (Phi) is 3.50. The summed E-state index contributed by atoms with van der Waals surface area (Å²) in [6, 6.07) is 13.7. The predicted octanol–water partition coefficient (Wildman–Crippen LogP) is 3.72. The second-order valence-electron chi connectivity index (χ2n) is 6.40. The molecule has 3 aromatic rings. The van der Waals surface area contributed by atoms with Gasteiger partial charge in [0.1, 0.15) is 14.2 Å². The molecule has 0 aromatic carbocycles. The molecular formula is C22H18N4O2. The maximum atomic E-state index is 8.36. The molecule has 2 aliphatic rings. The van der Waals surface area contributed by atoms with Gasteiger partial charge in [0, 0.05) is 0 Å². The van der Waals surface area contributed by atoms with Crippen molar-refractivity contribution in [1.29, 1.82) is 0 Å². The van der Waals surface area contributed by atoms with Crippen LogP contribution < -0.4 is 9.68 Å².